The highest BCUT2D eigenvalue weighted by Crippen LogP contribution is 2.34. The zero-order chi connectivity index (χ0) is 14.2. The Morgan fingerprint density at radius 1 is 1.11 bits per heavy atom. The van der Waals surface area contributed by atoms with E-state index in [2.05, 4.69) is 9.97 Å². The smallest absolute Gasteiger partial charge is 0.316 e. The third kappa shape index (κ3) is 3.17. The van der Waals surface area contributed by atoms with Gasteiger partial charge in [0.2, 0.25) is 0 Å². The molecule has 8 heteroatoms. The second-order valence-corrected chi connectivity index (χ2v) is 4.53. The lowest BCUT2D eigenvalue weighted by Crippen LogP contribution is -2.28. The van der Waals surface area contributed by atoms with Crippen molar-refractivity contribution in [2.75, 3.05) is 0 Å². The number of nitrogens with one attached hydrogen (secondary N) is 2. The molecule has 1 aromatic heterocycles. The van der Waals surface area contributed by atoms with Crippen LogP contribution in [0.2, 0.25) is 0 Å². The summed E-state index contributed by atoms with van der Waals surface area (Å²) in [5.74, 6) is 0. The van der Waals surface area contributed by atoms with Crippen LogP contribution in [0, 0.1) is 0 Å². The van der Waals surface area contributed by atoms with Gasteiger partial charge in [0, 0.05) is 0 Å². The van der Waals surface area contributed by atoms with Gasteiger partial charge in [-0.15, -0.1) is 11.6 Å². The van der Waals surface area contributed by atoms with Crippen LogP contribution in [-0.4, -0.2) is 16.1 Å². The molecular weight excluding hydrogens is 285 g/mol. The van der Waals surface area contributed by atoms with Crippen LogP contribution in [0.5, 0.6) is 0 Å². The molecule has 0 amide bonds. The molecule has 102 valence electrons. The minimum Gasteiger partial charge on any atom is -0.316 e. The number of H-pyrrole nitrogens is 2. The van der Waals surface area contributed by atoms with E-state index in [9.17, 15) is 22.8 Å². The molecule has 2 rings (SSSR count). The molecule has 0 radical (unpaired) electrons. The summed E-state index contributed by atoms with van der Waals surface area (Å²) in [4.78, 5) is 26.8. The third-order valence-electron chi connectivity index (χ3n) is 2.52. The molecule has 4 nitrogen and oxygen atoms in total. The van der Waals surface area contributed by atoms with Crippen LogP contribution in [0.4, 0.5) is 13.2 Å². The predicted octanol–water partition coefficient (Wildman–Crippen LogP) is 2.45. The van der Waals surface area contributed by atoms with Crippen molar-refractivity contribution in [1.29, 1.82) is 0 Å². The number of aromatic nitrogens is 2. The van der Waals surface area contributed by atoms with Gasteiger partial charge >= 0.3 is 17.3 Å². The fraction of sp³-hybridized carbons (Fsp3) is 0.273. The van der Waals surface area contributed by atoms with Crippen LogP contribution < -0.4 is 11.1 Å². The summed E-state index contributed by atoms with van der Waals surface area (Å²) >= 11 is 5.68. The summed E-state index contributed by atoms with van der Waals surface area (Å²) in [7, 11) is 0. The van der Waals surface area contributed by atoms with Crippen molar-refractivity contribution in [2.45, 2.75) is 18.0 Å². The van der Waals surface area contributed by atoms with Crippen molar-refractivity contribution in [3.05, 3.63) is 44.5 Å². The SMILES string of the molecule is O=c1[nH]c2ccc(C(Cl)CC(F)(F)F)cc2[nH]c1=O. The van der Waals surface area contributed by atoms with Gasteiger partial charge in [-0.3, -0.25) is 9.59 Å². The van der Waals surface area contributed by atoms with Gasteiger partial charge in [-0.2, -0.15) is 13.2 Å². The summed E-state index contributed by atoms with van der Waals surface area (Å²) in [5.41, 5.74) is -0.919. The Morgan fingerprint density at radius 3 is 2.26 bits per heavy atom. The number of hydrogen-bond acceptors (Lipinski definition) is 2. The van der Waals surface area contributed by atoms with Crippen molar-refractivity contribution < 1.29 is 13.2 Å². The molecule has 0 saturated heterocycles. The fourth-order valence-electron chi connectivity index (χ4n) is 1.65. The van der Waals surface area contributed by atoms with Gasteiger partial charge in [0.25, 0.3) is 0 Å². The van der Waals surface area contributed by atoms with E-state index in [-0.39, 0.29) is 11.1 Å². The maximum absolute atomic E-state index is 12.2. The molecule has 0 aliphatic carbocycles. The Labute approximate surface area is 109 Å². The minimum atomic E-state index is -4.38. The minimum absolute atomic E-state index is 0.217. The van der Waals surface area contributed by atoms with Crippen molar-refractivity contribution in [1.82, 2.24) is 9.97 Å². The van der Waals surface area contributed by atoms with Crippen LogP contribution in [0.25, 0.3) is 11.0 Å². The zero-order valence-electron chi connectivity index (χ0n) is 9.34. The molecule has 0 saturated carbocycles. The largest absolute Gasteiger partial charge is 0.390 e. The molecule has 1 unspecified atom stereocenters. The van der Waals surface area contributed by atoms with E-state index in [4.69, 9.17) is 11.6 Å². The molecule has 0 spiro atoms. The van der Waals surface area contributed by atoms with Crippen molar-refractivity contribution >= 4 is 22.6 Å². The maximum Gasteiger partial charge on any atom is 0.390 e. The average molecular weight is 293 g/mol. The first kappa shape index (κ1) is 13.7. The summed E-state index contributed by atoms with van der Waals surface area (Å²) in [6.07, 6.45) is -5.55. The van der Waals surface area contributed by atoms with E-state index in [0.717, 1.165) is 0 Å². The molecule has 0 aliphatic rings. The van der Waals surface area contributed by atoms with Gasteiger partial charge in [-0.05, 0) is 17.7 Å². The van der Waals surface area contributed by atoms with Crippen molar-refractivity contribution in [3.63, 3.8) is 0 Å². The van der Waals surface area contributed by atoms with Crippen LogP contribution >= 0.6 is 11.6 Å². The van der Waals surface area contributed by atoms with Crippen molar-refractivity contribution in [2.24, 2.45) is 0 Å². The molecular formula is C11H8ClF3N2O2. The number of benzene rings is 1. The van der Waals surface area contributed by atoms with Crippen LogP contribution in [0.3, 0.4) is 0 Å². The Kier molecular flexibility index (Phi) is 3.40. The number of rotatable bonds is 2. The van der Waals surface area contributed by atoms with E-state index in [1.165, 1.54) is 18.2 Å². The molecule has 0 aliphatic heterocycles. The van der Waals surface area contributed by atoms with E-state index in [1.54, 1.807) is 0 Å². The lowest BCUT2D eigenvalue weighted by atomic mass is 10.1. The number of alkyl halides is 4. The van der Waals surface area contributed by atoms with E-state index in [1.807, 2.05) is 0 Å². The standard InChI is InChI=1S/C11H8ClF3N2O2/c12-6(4-11(13,14)15)5-1-2-7-8(3-5)17-10(19)9(18)16-7/h1-3,6H,4H2,(H,16,18)(H,17,19). The second-order valence-electron chi connectivity index (χ2n) is 4.00. The van der Waals surface area contributed by atoms with Crippen LogP contribution in [-0.2, 0) is 0 Å². The maximum atomic E-state index is 12.2. The first-order valence-electron chi connectivity index (χ1n) is 5.23. The van der Waals surface area contributed by atoms with Gasteiger partial charge in [0.05, 0.1) is 22.8 Å². The first-order valence-corrected chi connectivity index (χ1v) is 5.67. The first-order chi connectivity index (χ1) is 8.76. The third-order valence-corrected chi connectivity index (χ3v) is 2.92. The summed E-state index contributed by atoms with van der Waals surface area (Å²) in [6.45, 7) is 0. The molecule has 1 heterocycles. The lowest BCUT2D eigenvalue weighted by molar-refractivity contribution is -0.134. The lowest BCUT2D eigenvalue weighted by Gasteiger charge is -2.12. The topological polar surface area (TPSA) is 65.7 Å². The normalized spacial score (nSPS) is 13.7. The Balaban J connectivity index is 2.44. The van der Waals surface area contributed by atoms with E-state index >= 15 is 0 Å². The molecule has 1 atom stereocenters. The molecule has 2 N–H and O–H groups in total. The van der Waals surface area contributed by atoms with Gasteiger partial charge in [-0.1, -0.05) is 6.07 Å². The summed E-state index contributed by atoms with van der Waals surface area (Å²) in [5, 5.41) is -1.25. The number of hydrogen-bond donors (Lipinski definition) is 2. The molecule has 19 heavy (non-hydrogen) atoms. The quantitative estimate of drug-likeness (QED) is 0.659. The van der Waals surface area contributed by atoms with E-state index in [0.29, 0.717) is 5.52 Å². The monoisotopic (exact) mass is 292 g/mol. The zero-order valence-corrected chi connectivity index (χ0v) is 10.1. The van der Waals surface area contributed by atoms with Crippen LogP contribution in [0.1, 0.15) is 17.4 Å². The van der Waals surface area contributed by atoms with Gasteiger partial charge in [0.15, 0.2) is 0 Å². The Bertz CT molecular complexity index is 720. The second kappa shape index (κ2) is 4.73. The van der Waals surface area contributed by atoms with Gasteiger partial charge in [0.1, 0.15) is 0 Å². The molecule has 1 aromatic carbocycles. The summed E-state index contributed by atoms with van der Waals surface area (Å²) < 4.78 is 36.7. The van der Waals surface area contributed by atoms with E-state index < -0.39 is 29.1 Å². The fourth-order valence-corrected chi connectivity index (χ4v) is 1.96. The summed E-state index contributed by atoms with van der Waals surface area (Å²) in [6, 6.07) is 4.09. The number of fused-ring (bicyclic) bond motifs is 1. The highest BCUT2D eigenvalue weighted by Gasteiger charge is 2.31. The number of halogens is 4. The van der Waals surface area contributed by atoms with Gasteiger partial charge in [-0.25, -0.2) is 0 Å². The van der Waals surface area contributed by atoms with Crippen LogP contribution in [0.15, 0.2) is 27.8 Å². The highest BCUT2D eigenvalue weighted by molar-refractivity contribution is 6.20. The molecule has 2 aromatic rings. The Morgan fingerprint density at radius 2 is 1.68 bits per heavy atom. The van der Waals surface area contributed by atoms with Gasteiger partial charge < -0.3 is 9.97 Å². The molecule has 0 bridgehead atoms. The highest BCUT2D eigenvalue weighted by atomic mass is 35.5. The average Bonchev–Trinajstić information content (AvgIpc) is 2.27. The molecule has 0 fully saturated rings. The Hall–Kier alpha value is -1.76. The van der Waals surface area contributed by atoms with Crippen molar-refractivity contribution in [3.8, 4) is 0 Å². The predicted molar refractivity (Wildman–Crippen MR) is 64.5 cm³/mol. The number of aromatic amines is 2.